The van der Waals surface area contributed by atoms with Gasteiger partial charge in [0.1, 0.15) is 10.6 Å². The van der Waals surface area contributed by atoms with Crippen LogP contribution >= 0.6 is 11.3 Å². The summed E-state index contributed by atoms with van der Waals surface area (Å²) in [5.74, 6) is 0.678. The van der Waals surface area contributed by atoms with Gasteiger partial charge >= 0.3 is 5.69 Å². The summed E-state index contributed by atoms with van der Waals surface area (Å²) >= 11 is 1.38. The highest BCUT2D eigenvalue weighted by molar-refractivity contribution is 7.22. The van der Waals surface area contributed by atoms with Crippen LogP contribution in [0.15, 0.2) is 76.8 Å². The SMILES string of the molecule is COc1cc(-c2sc3[nH]c(=O)n(-c4ccc5ncccc5c4)c(=O)c3c2C)ccc1-n1cnc(C)c1. The van der Waals surface area contributed by atoms with E-state index in [1.165, 1.54) is 15.9 Å². The number of pyridine rings is 1. The van der Waals surface area contributed by atoms with Crippen molar-refractivity contribution in [3.8, 4) is 27.6 Å². The Kier molecular flexibility index (Phi) is 5.08. The van der Waals surface area contributed by atoms with Crippen molar-refractivity contribution in [1.82, 2.24) is 24.1 Å². The van der Waals surface area contributed by atoms with Crippen molar-refractivity contribution in [3.05, 3.63) is 99.3 Å². The van der Waals surface area contributed by atoms with Crippen LogP contribution in [0.4, 0.5) is 0 Å². The summed E-state index contributed by atoms with van der Waals surface area (Å²) in [5.41, 5.74) is 3.94. The lowest BCUT2D eigenvalue weighted by Gasteiger charge is -2.11. The van der Waals surface area contributed by atoms with Crippen LogP contribution in [0, 0.1) is 13.8 Å². The number of fused-ring (bicyclic) bond motifs is 2. The number of methoxy groups -OCH3 is 1. The van der Waals surface area contributed by atoms with Crippen molar-refractivity contribution in [3.63, 3.8) is 0 Å². The van der Waals surface area contributed by atoms with Gasteiger partial charge in [0, 0.05) is 22.7 Å². The zero-order valence-corrected chi connectivity index (χ0v) is 20.6. The first-order valence-electron chi connectivity index (χ1n) is 11.3. The molecule has 0 atom stereocenters. The molecule has 0 amide bonds. The van der Waals surface area contributed by atoms with Crippen molar-refractivity contribution >= 4 is 32.5 Å². The third-order valence-corrected chi connectivity index (χ3v) is 7.52. The molecule has 0 saturated carbocycles. The average Bonchev–Trinajstić information content (AvgIpc) is 3.46. The molecule has 0 bridgehead atoms. The summed E-state index contributed by atoms with van der Waals surface area (Å²) in [4.78, 5) is 39.6. The molecule has 4 aromatic heterocycles. The number of imidazole rings is 1. The topological polar surface area (TPSA) is 94.8 Å². The number of benzene rings is 2. The van der Waals surface area contributed by atoms with Crippen molar-refractivity contribution in [1.29, 1.82) is 0 Å². The molecule has 0 fully saturated rings. The van der Waals surface area contributed by atoms with E-state index >= 15 is 0 Å². The quantitative estimate of drug-likeness (QED) is 0.380. The first-order valence-corrected chi connectivity index (χ1v) is 12.1. The molecule has 0 aliphatic heterocycles. The number of aromatic nitrogens is 5. The number of hydrogen-bond acceptors (Lipinski definition) is 6. The number of H-pyrrole nitrogens is 1. The molecule has 36 heavy (non-hydrogen) atoms. The fraction of sp³-hybridized carbons (Fsp3) is 0.111. The molecule has 2 aromatic carbocycles. The van der Waals surface area contributed by atoms with E-state index in [1.807, 2.05) is 61.0 Å². The highest BCUT2D eigenvalue weighted by atomic mass is 32.1. The van der Waals surface area contributed by atoms with Gasteiger partial charge in [0.15, 0.2) is 0 Å². The van der Waals surface area contributed by atoms with E-state index < -0.39 is 5.69 Å². The Balaban J connectivity index is 1.51. The second-order valence-corrected chi connectivity index (χ2v) is 9.54. The van der Waals surface area contributed by atoms with Gasteiger partial charge in [-0.25, -0.2) is 14.3 Å². The molecule has 6 rings (SSSR count). The number of nitrogens with one attached hydrogen (secondary N) is 1. The molecule has 0 radical (unpaired) electrons. The second kappa shape index (κ2) is 8.31. The number of rotatable bonds is 4. The van der Waals surface area contributed by atoms with Gasteiger partial charge in [0.05, 0.1) is 41.4 Å². The summed E-state index contributed by atoms with van der Waals surface area (Å²) < 4.78 is 8.76. The Bertz CT molecular complexity index is 1910. The summed E-state index contributed by atoms with van der Waals surface area (Å²) in [6.45, 7) is 3.84. The molecule has 1 N–H and O–H groups in total. The number of aromatic amines is 1. The Morgan fingerprint density at radius 2 is 1.89 bits per heavy atom. The lowest BCUT2D eigenvalue weighted by atomic mass is 10.1. The van der Waals surface area contributed by atoms with Crippen molar-refractivity contribution in [2.45, 2.75) is 13.8 Å². The Morgan fingerprint density at radius 1 is 1.03 bits per heavy atom. The van der Waals surface area contributed by atoms with Crippen molar-refractivity contribution < 1.29 is 4.74 Å². The molecule has 0 aliphatic carbocycles. The van der Waals surface area contributed by atoms with Crippen LogP contribution in [0.5, 0.6) is 5.75 Å². The molecule has 8 nitrogen and oxygen atoms in total. The highest BCUT2D eigenvalue weighted by Crippen LogP contribution is 2.38. The Labute approximate surface area is 209 Å². The van der Waals surface area contributed by atoms with Gasteiger partial charge in [-0.15, -0.1) is 11.3 Å². The van der Waals surface area contributed by atoms with E-state index in [0.717, 1.165) is 38.3 Å². The van der Waals surface area contributed by atoms with Crippen LogP contribution in [0.3, 0.4) is 0 Å². The van der Waals surface area contributed by atoms with Crippen LogP contribution in [0.25, 0.3) is 42.9 Å². The van der Waals surface area contributed by atoms with Gasteiger partial charge in [-0.2, -0.15) is 0 Å². The standard InChI is InChI=1S/C27H21N5O3S/c1-15-13-31(14-29-15)21-9-6-18(12-22(21)35-3)24-16(2)23-25(36-24)30-27(34)32(26(23)33)19-7-8-20-17(11-19)5-4-10-28-20/h4-14H,1-3H3,(H,30,34). The van der Waals surface area contributed by atoms with Gasteiger partial charge in [-0.05, 0) is 61.4 Å². The van der Waals surface area contributed by atoms with E-state index in [0.29, 0.717) is 21.7 Å². The van der Waals surface area contributed by atoms with Gasteiger partial charge in [0.25, 0.3) is 5.56 Å². The van der Waals surface area contributed by atoms with Crippen LogP contribution in [0.1, 0.15) is 11.3 Å². The van der Waals surface area contributed by atoms with E-state index in [4.69, 9.17) is 4.74 Å². The number of ether oxygens (including phenoxy) is 1. The third kappa shape index (κ3) is 3.44. The van der Waals surface area contributed by atoms with Crippen molar-refractivity contribution in [2.24, 2.45) is 0 Å². The summed E-state index contributed by atoms with van der Waals surface area (Å²) in [7, 11) is 1.62. The number of thiophene rings is 1. The van der Waals surface area contributed by atoms with Gasteiger partial charge in [0.2, 0.25) is 0 Å². The maximum atomic E-state index is 13.6. The number of aryl methyl sites for hydroxylation is 2. The molecule has 0 unspecified atom stereocenters. The maximum Gasteiger partial charge on any atom is 0.334 e. The summed E-state index contributed by atoms with van der Waals surface area (Å²) in [6.07, 6.45) is 5.38. The first kappa shape index (κ1) is 22.0. The minimum absolute atomic E-state index is 0.352. The smallest absolute Gasteiger partial charge is 0.334 e. The monoisotopic (exact) mass is 495 g/mol. The average molecular weight is 496 g/mol. The predicted octanol–water partition coefficient (Wildman–Crippen LogP) is 4.77. The van der Waals surface area contributed by atoms with Gasteiger partial charge < -0.3 is 9.30 Å². The maximum absolute atomic E-state index is 13.6. The second-order valence-electron chi connectivity index (χ2n) is 8.52. The summed E-state index contributed by atoms with van der Waals surface area (Å²) in [5, 5.41) is 1.35. The number of hydrogen-bond donors (Lipinski definition) is 1. The van der Waals surface area contributed by atoms with E-state index in [9.17, 15) is 9.59 Å². The highest BCUT2D eigenvalue weighted by Gasteiger charge is 2.19. The van der Waals surface area contributed by atoms with E-state index in [2.05, 4.69) is 15.0 Å². The third-order valence-electron chi connectivity index (χ3n) is 6.26. The molecule has 0 spiro atoms. The Hall–Kier alpha value is -4.50. The fourth-order valence-electron chi connectivity index (χ4n) is 4.51. The molecule has 0 aliphatic rings. The first-order chi connectivity index (χ1) is 17.4. The molecule has 9 heteroatoms. The largest absolute Gasteiger partial charge is 0.495 e. The molecule has 4 heterocycles. The minimum atomic E-state index is -0.480. The Morgan fingerprint density at radius 3 is 2.67 bits per heavy atom. The molecular weight excluding hydrogens is 474 g/mol. The van der Waals surface area contributed by atoms with Crippen LogP contribution in [-0.4, -0.2) is 31.2 Å². The molecule has 0 saturated heterocycles. The molecular formula is C27H21N5O3S. The van der Waals surface area contributed by atoms with Crippen LogP contribution < -0.4 is 16.0 Å². The zero-order valence-electron chi connectivity index (χ0n) is 19.8. The lowest BCUT2D eigenvalue weighted by molar-refractivity contribution is 0.413. The zero-order chi connectivity index (χ0) is 25.0. The minimum Gasteiger partial charge on any atom is -0.495 e. The van der Waals surface area contributed by atoms with Crippen molar-refractivity contribution in [2.75, 3.05) is 7.11 Å². The molecule has 6 aromatic rings. The van der Waals surface area contributed by atoms with Gasteiger partial charge in [-0.1, -0.05) is 12.1 Å². The number of nitrogens with zero attached hydrogens (tertiary/aromatic N) is 4. The summed E-state index contributed by atoms with van der Waals surface area (Å²) in [6, 6.07) is 15.0. The lowest BCUT2D eigenvalue weighted by Crippen LogP contribution is -2.33. The van der Waals surface area contributed by atoms with Crippen LogP contribution in [-0.2, 0) is 0 Å². The van der Waals surface area contributed by atoms with Gasteiger partial charge in [-0.3, -0.25) is 14.8 Å². The fourth-order valence-corrected chi connectivity index (χ4v) is 5.70. The molecule has 178 valence electrons. The van der Waals surface area contributed by atoms with E-state index in [-0.39, 0.29) is 5.56 Å². The normalized spacial score (nSPS) is 11.4. The van der Waals surface area contributed by atoms with Crippen LogP contribution in [0.2, 0.25) is 0 Å². The predicted molar refractivity (Wildman–Crippen MR) is 142 cm³/mol. The van der Waals surface area contributed by atoms with E-state index in [1.54, 1.807) is 31.8 Å².